The summed E-state index contributed by atoms with van der Waals surface area (Å²) < 4.78 is 1.83. The van der Waals surface area contributed by atoms with E-state index in [1.54, 1.807) is 6.07 Å². The van der Waals surface area contributed by atoms with E-state index in [0.717, 1.165) is 33.9 Å². The van der Waals surface area contributed by atoms with Crippen molar-refractivity contribution in [2.75, 3.05) is 0 Å². The number of para-hydroxylation sites is 1. The standard InChI is InChI=1S/C17H17N3O/c1-11-8-9-14(13-6-4-5-7-16(13)21)17(18-11)15-10-12(2)20(3)19-15/h4-10,21H,1-3H3. The van der Waals surface area contributed by atoms with Crippen molar-refractivity contribution in [1.82, 2.24) is 14.8 Å². The minimum atomic E-state index is 0.247. The van der Waals surface area contributed by atoms with Gasteiger partial charge in [-0.3, -0.25) is 9.67 Å². The summed E-state index contributed by atoms with van der Waals surface area (Å²) in [7, 11) is 1.91. The molecule has 0 unspecified atom stereocenters. The summed E-state index contributed by atoms with van der Waals surface area (Å²) >= 11 is 0. The van der Waals surface area contributed by atoms with Crippen molar-refractivity contribution in [2.45, 2.75) is 13.8 Å². The molecule has 0 aliphatic heterocycles. The fraction of sp³-hybridized carbons (Fsp3) is 0.176. The number of aromatic nitrogens is 3. The summed E-state index contributed by atoms with van der Waals surface area (Å²) in [4.78, 5) is 4.63. The number of pyridine rings is 1. The SMILES string of the molecule is Cc1ccc(-c2ccccc2O)c(-c2cc(C)n(C)n2)n1. The summed E-state index contributed by atoms with van der Waals surface area (Å²) in [6, 6.07) is 13.2. The van der Waals surface area contributed by atoms with E-state index in [1.165, 1.54) is 0 Å². The van der Waals surface area contributed by atoms with Gasteiger partial charge in [0.05, 0.1) is 5.69 Å². The van der Waals surface area contributed by atoms with Gasteiger partial charge in [0, 0.05) is 29.6 Å². The summed E-state index contributed by atoms with van der Waals surface area (Å²) in [5.41, 5.74) is 5.25. The van der Waals surface area contributed by atoms with Crippen molar-refractivity contribution in [1.29, 1.82) is 0 Å². The second kappa shape index (κ2) is 5.05. The molecule has 0 saturated carbocycles. The second-order valence-corrected chi connectivity index (χ2v) is 5.16. The lowest BCUT2D eigenvalue weighted by atomic mass is 10.0. The molecule has 2 heterocycles. The van der Waals surface area contributed by atoms with Gasteiger partial charge in [-0.1, -0.05) is 24.3 Å². The number of hydrogen-bond acceptors (Lipinski definition) is 3. The van der Waals surface area contributed by atoms with Gasteiger partial charge in [-0.05, 0) is 32.0 Å². The summed E-state index contributed by atoms with van der Waals surface area (Å²) in [5, 5.41) is 14.6. The zero-order valence-electron chi connectivity index (χ0n) is 12.3. The molecule has 3 rings (SSSR count). The Kier molecular flexibility index (Phi) is 3.22. The maximum absolute atomic E-state index is 10.1. The van der Waals surface area contributed by atoms with Crippen molar-refractivity contribution < 1.29 is 5.11 Å². The monoisotopic (exact) mass is 279 g/mol. The molecule has 0 bridgehead atoms. The van der Waals surface area contributed by atoms with Crippen LogP contribution in [0.5, 0.6) is 5.75 Å². The highest BCUT2D eigenvalue weighted by molar-refractivity contribution is 5.82. The van der Waals surface area contributed by atoms with Crippen LogP contribution < -0.4 is 0 Å². The predicted octanol–water partition coefficient (Wildman–Crippen LogP) is 3.47. The third kappa shape index (κ3) is 2.40. The lowest BCUT2D eigenvalue weighted by Crippen LogP contribution is -1.95. The summed E-state index contributed by atoms with van der Waals surface area (Å²) in [6.45, 7) is 3.96. The molecule has 21 heavy (non-hydrogen) atoms. The van der Waals surface area contributed by atoms with E-state index < -0.39 is 0 Å². The van der Waals surface area contributed by atoms with Gasteiger partial charge in [-0.15, -0.1) is 0 Å². The topological polar surface area (TPSA) is 50.9 Å². The summed E-state index contributed by atoms with van der Waals surface area (Å²) in [6.07, 6.45) is 0. The maximum Gasteiger partial charge on any atom is 0.123 e. The molecule has 0 radical (unpaired) electrons. The van der Waals surface area contributed by atoms with E-state index in [2.05, 4.69) is 10.1 Å². The second-order valence-electron chi connectivity index (χ2n) is 5.16. The molecule has 1 N–H and O–H groups in total. The van der Waals surface area contributed by atoms with Crippen LogP contribution in [0.1, 0.15) is 11.4 Å². The Hall–Kier alpha value is -2.62. The number of rotatable bonds is 2. The van der Waals surface area contributed by atoms with Crippen LogP contribution in [0.4, 0.5) is 0 Å². The lowest BCUT2D eigenvalue weighted by molar-refractivity contribution is 0.477. The van der Waals surface area contributed by atoms with Gasteiger partial charge in [-0.25, -0.2) is 0 Å². The van der Waals surface area contributed by atoms with E-state index in [1.807, 2.05) is 62.0 Å². The van der Waals surface area contributed by atoms with Gasteiger partial charge in [0.2, 0.25) is 0 Å². The number of hydrogen-bond donors (Lipinski definition) is 1. The van der Waals surface area contributed by atoms with Crippen molar-refractivity contribution in [3.63, 3.8) is 0 Å². The smallest absolute Gasteiger partial charge is 0.123 e. The first-order valence-electron chi connectivity index (χ1n) is 6.83. The van der Waals surface area contributed by atoms with Gasteiger partial charge < -0.3 is 5.11 Å². The van der Waals surface area contributed by atoms with Crippen LogP contribution in [0.2, 0.25) is 0 Å². The Morgan fingerprint density at radius 2 is 1.76 bits per heavy atom. The third-order valence-corrected chi connectivity index (χ3v) is 3.59. The van der Waals surface area contributed by atoms with Crippen LogP contribution in [0.15, 0.2) is 42.5 Å². The first-order chi connectivity index (χ1) is 10.1. The van der Waals surface area contributed by atoms with Crippen LogP contribution in [0.3, 0.4) is 0 Å². The molecular formula is C17H17N3O. The lowest BCUT2D eigenvalue weighted by Gasteiger charge is -2.09. The van der Waals surface area contributed by atoms with Crippen molar-refractivity contribution in [3.8, 4) is 28.3 Å². The Morgan fingerprint density at radius 3 is 2.43 bits per heavy atom. The zero-order valence-corrected chi connectivity index (χ0v) is 12.3. The number of phenols is 1. The summed E-state index contributed by atoms with van der Waals surface area (Å²) in [5.74, 6) is 0.247. The highest BCUT2D eigenvalue weighted by Gasteiger charge is 2.15. The van der Waals surface area contributed by atoms with Gasteiger partial charge in [0.15, 0.2) is 0 Å². The Balaban J connectivity index is 2.25. The van der Waals surface area contributed by atoms with Crippen LogP contribution in [0, 0.1) is 13.8 Å². The number of nitrogens with zero attached hydrogens (tertiary/aromatic N) is 3. The van der Waals surface area contributed by atoms with Crippen molar-refractivity contribution in [3.05, 3.63) is 53.9 Å². The van der Waals surface area contributed by atoms with E-state index in [4.69, 9.17) is 0 Å². The fourth-order valence-electron chi connectivity index (χ4n) is 2.35. The van der Waals surface area contributed by atoms with Crippen LogP contribution in [-0.4, -0.2) is 19.9 Å². The molecule has 0 atom stereocenters. The molecule has 0 amide bonds. The number of phenolic OH excluding ortho intramolecular Hbond substituents is 1. The Bertz CT molecular complexity index is 786. The van der Waals surface area contributed by atoms with Crippen LogP contribution in [0.25, 0.3) is 22.5 Å². The molecule has 106 valence electrons. The van der Waals surface area contributed by atoms with Gasteiger partial charge in [-0.2, -0.15) is 5.10 Å². The van der Waals surface area contributed by atoms with Gasteiger partial charge in [0.25, 0.3) is 0 Å². The molecule has 3 aromatic rings. The van der Waals surface area contributed by atoms with Gasteiger partial charge in [0.1, 0.15) is 11.4 Å². The molecule has 1 aromatic carbocycles. The molecule has 0 fully saturated rings. The Labute approximate surface area is 123 Å². The number of aryl methyl sites for hydroxylation is 3. The van der Waals surface area contributed by atoms with E-state index >= 15 is 0 Å². The molecule has 4 nitrogen and oxygen atoms in total. The van der Waals surface area contributed by atoms with Crippen LogP contribution >= 0.6 is 0 Å². The Morgan fingerprint density at radius 1 is 1.00 bits per heavy atom. The molecular weight excluding hydrogens is 262 g/mol. The van der Waals surface area contributed by atoms with Crippen LogP contribution in [-0.2, 0) is 7.05 Å². The molecule has 0 aliphatic rings. The van der Waals surface area contributed by atoms with Crippen molar-refractivity contribution in [2.24, 2.45) is 7.05 Å². The maximum atomic E-state index is 10.1. The highest BCUT2D eigenvalue weighted by Crippen LogP contribution is 2.35. The molecule has 0 aliphatic carbocycles. The fourth-order valence-corrected chi connectivity index (χ4v) is 2.35. The molecule has 0 spiro atoms. The highest BCUT2D eigenvalue weighted by atomic mass is 16.3. The number of benzene rings is 1. The van der Waals surface area contributed by atoms with E-state index in [9.17, 15) is 5.11 Å². The third-order valence-electron chi connectivity index (χ3n) is 3.59. The average molecular weight is 279 g/mol. The predicted molar refractivity (Wildman–Crippen MR) is 83.0 cm³/mol. The molecule has 4 heteroatoms. The number of aromatic hydroxyl groups is 1. The van der Waals surface area contributed by atoms with Gasteiger partial charge >= 0.3 is 0 Å². The van der Waals surface area contributed by atoms with E-state index in [-0.39, 0.29) is 5.75 Å². The zero-order chi connectivity index (χ0) is 15.0. The molecule has 0 saturated heterocycles. The van der Waals surface area contributed by atoms with E-state index in [0.29, 0.717) is 0 Å². The molecule has 2 aromatic heterocycles. The van der Waals surface area contributed by atoms with Crippen molar-refractivity contribution >= 4 is 0 Å². The minimum absolute atomic E-state index is 0.247. The first kappa shape index (κ1) is 13.4. The quantitative estimate of drug-likeness (QED) is 0.781. The average Bonchev–Trinajstić information content (AvgIpc) is 2.79. The minimum Gasteiger partial charge on any atom is -0.507 e. The largest absolute Gasteiger partial charge is 0.507 e. The normalized spacial score (nSPS) is 10.8. The first-order valence-corrected chi connectivity index (χ1v) is 6.83.